The van der Waals surface area contributed by atoms with E-state index in [2.05, 4.69) is 0 Å². The summed E-state index contributed by atoms with van der Waals surface area (Å²) in [7, 11) is 0. The number of carboxylic acid groups (broad SMARTS) is 1. The second kappa shape index (κ2) is 4.19. The molecular weight excluding hydrogens is 234 g/mol. The summed E-state index contributed by atoms with van der Waals surface area (Å²) in [5.41, 5.74) is 6.03. The van der Waals surface area contributed by atoms with E-state index in [1.807, 2.05) is 0 Å². The van der Waals surface area contributed by atoms with E-state index in [0.29, 0.717) is 22.1 Å². The van der Waals surface area contributed by atoms with Crippen molar-refractivity contribution in [3.8, 4) is 11.5 Å². The first kappa shape index (κ1) is 11.0. The molecule has 0 bridgehead atoms. The normalized spacial score (nSPS) is 14.9. The SMILES string of the molecule is NC(Cc1c(Cl)ccc2c1OCO2)C(=O)O. The van der Waals surface area contributed by atoms with Crippen molar-refractivity contribution in [1.82, 2.24) is 0 Å². The standard InChI is InChI=1S/C10H10ClNO4/c11-6-1-2-8-9(16-4-15-8)5(6)3-7(12)10(13)14/h1-2,7H,3-4,12H2,(H,13,14). The first-order valence-corrected chi connectivity index (χ1v) is 5.02. The van der Waals surface area contributed by atoms with Gasteiger partial charge < -0.3 is 20.3 Å². The highest BCUT2D eigenvalue weighted by molar-refractivity contribution is 6.31. The fourth-order valence-corrected chi connectivity index (χ4v) is 1.73. The second-order valence-electron chi connectivity index (χ2n) is 3.41. The molecule has 1 aromatic carbocycles. The van der Waals surface area contributed by atoms with E-state index in [1.165, 1.54) is 0 Å². The van der Waals surface area contributed by atoms with Gasteiger partial charge in [-0.2, -0.15) is 0 Å². The molecule has 3 N–H and O–H groups in total. The predicted octanol–water partition coefficient (Wildman–Crippen LogP) is 1.02. The molecule has 0 aromatic heterocycles. The zero-order valence-corrected chi connectivity index (χ0v) is 9.03. The number of fused-ring (bicyclic) bond motifs is 1. The molecule has 86 valence electrons. The third-order valence-corrected chi connectivity index (χ3v) is 2.68. The van der Waals surface area contributed by atoms with Crippen LogP contribution in [-0.4, -0.2) is 23.9 Å². The maximum absolute atomic E-state index is 10.7. The van der Waals surface area contributed by atoms with Gasteiger partial charge in [0.1, 0.15) is 6.04 Å². The average Bonchev–Trinajstić information content (AvgIpc) is 2.70. The minimum absolute atomic E-state index is 0.112. The first-order chi connectivity index (χ1) is 7.59. The van der Waals surface area contributed by atoms with E-state index >= 15 is 0 Å². The number of nitrogens with two attached hydrogens (primary N) is 1. The van der Waals surface area contributed by atoms with Crippen LogP contribution in [0.15, 0.2) is 12.1 Å². The highest BCUT2D eigenvalue weighted by Crippen LogP contribution is 2.39. The molecule has 1 heterocycles. The number of benzene rings is 1. The third-order valence-electron chi connectivity index (χ3n) is 2.33. The molecule has 6 heteroatoms. The Balaban J connectivity index is 2.33. The predicted molar refractivity (Wildman–Crippen MR) is 56.9 cm³/mol. The van der Waals surface area contributed by atoms with E-state index in [-0.39, 0.29) is 13.2 Å². The molecular formula is C10H10ClNO4. The minimum atomic E-state index is -1.08. The zero-order chi connectivity index (χ0) is 11.7. The van der Waals surface area contributed by atoms with Gasteiger partial charge in [0.15, 0.2) is 11.5 Å². The number of hydrogen-bond donors (Lipinski definition) is 2. The Bertz CT molecular complexity index is 435. The van der Waals surface area contributed by atoms with Gasteiger partial charge in [-0.3, -0.25) is 4.79 Å². The lowest BCUT2D eigenvalue weighted by Gasteiger charge is -2.10. The van der Waals surface area contributed by atoms with Gasteiger partial charge in [0.2, 0.25) is 6.79 Å². The molecule has 0 amide bonds. The van der Waals surface area contributed by atoms with E-state index in [1.54, 1.807) is 12.1 Å². The first-order valence-electron chi connectivity index (χ1n) is 4.65. The summed E-state index contributed by atoms with van der Waals surface area (Å²) in [6.45, 7) is 0.116. The molecule has 0 spiro atoms. The quantitative estimate of drug-likeness (QED) is 0.828. The average molecular weight is 244 g/mol. The number of halogens is 1. The van der Waals surface area contributed by atoms with Gasteiger partial charge in [0.25, 0.3) is 0 Å². The van der Waals surface area contributed by atoms with Crippen LogP contribution in [0, 0.1) is 0 Å². The lowest BCUT2D eigenvalue weighted by Crippen LogP contribution is -2.32. The Morgan fingerprint density at radius 1 is 1.56 bits per heavy atom. The van der Waals surface area contributed by atoms with Crippen molar-refractivity contribution in [3.63, 3.8) is 0 Å². The van der Waals surface area contributed by atoms with Crippen molar-refractivity contribution in [1.29, 1.82) is 0 Å². The van der Waals surface area contributed by atoms with Gasteiger partial charge in [-0.15, -0.1) is 0 Å². The smallest absolute Gasteiger partial charge is 0.320 e. The second-order valence-corrected chi connectivity index (χ2v) is 3.82. The van der Waals surface area contributed by atoms with E-state index in [4.69, 9.17) is 31.9 Å². The van der Waals surface area contributed by atoms with Gasteiger partial charge in [-0.1, -0.05) is 11.6 Å². The summed E-state index contributed by atoms with van der Waals surface area (Å²) in [5, 5.41) is 9.17. The van der Waals surface area contributed by atoms with E-state index in [9.17, 15) is 4.79 Å². The molecule has 0 aliphatic carbocycles. The maximum Gasteiger partial charge on any atom is 0.320 e. The Hall–Kier alpha value is -1.46. The molecule has 5 nitrogen and oxygen atoms in total. The van der Waals surface area contributed by atoms with Gasteiger partial charge in [-0.25, -0.2) is 0 Å². The molecule has 0 radical (unpaired) electrons. The number of aliphatic carboxylic acids is 1. The summed E-state index contributed by atoms with van der Waals surface area (Å²) in [4.78, 5) is 10.7. The van der Waals surface area contributed by atoms with Crippen LogP contribution in [0.4, 0.5) is 0 Å². The molecule has 1 unspecified atom stereocenters. The lowest BCUT2D eigenvalue weighted by molar-refractivity contribution is -0.138. The van der Waals surface area contributed by atoms with Crippen molar-refractivity contribution in [2.75, 3.05) is 6.79 Å². The number of ether oxygens (including phenoxy) is 2. The fourth-order valence-electron chi connectivity index (χ4n) is 1.50. The molecule has 1 atom stereocenters. The molecule has 0 saturated heterocycles. The summed E-state index contributed by atoms with van der Waals surface area (Å²) in [5.74, 6) is -0.0197. The Morgan fingerprint density at radius 3 is 3.00 bits per heavy atom. The molecule has 0 saturated carbocycles. The van der Waals surface area contributed by atoms with Crippen LogP contribution >= 0.6 is 11.6 Å². The van der Waals surface area contributed by atoms with Crippen molar-refractivity contribution in [2.45, 2.75) is 12.5 Å². The van der Waals surface area contributed by atoms with Crippen LogP contribution in [-0.2, 0) is 11.2 Å². The monoisotopic (exact) mass is 243 g/mol. The van der Waals surface area contributed by atoms with Crippen LogP contribution in [0.3, 0.4) is 0 Å². The highest BCUT2D eigenvalue weighted by Gasteiger charge is 2.23. The molecule has 0 fully saturated rings. The maximum atomic E-state index is 10.7. The molecule has 16 heavy (non-hydrogen) atoms. The van der Waals surface area contributed by atoms with E-state index in [0.717, 1.165) is 0 Å². The largest absolute Gasteiger partial charge is 0.480 e. The van der Waals surface area contributed by atoms with Crippen LogP contribution in [0.25, 0.3) is 0 Å². The Labute approximate surface area is 96.7 Å². The van der Waals surface area contributed by atoms with E-state index < -0.39 is 12.0 Å². The highest BCUT2D eigenvalue weighted by atomic mass is 35.5. The van der Waals surface area contributed by atoms with Gasteiger partial charge in [-0.05, 0) is 12.1 Å². The molecule has 2 rings (SSSR count). The lowest BCUT2D eigenvalue weighted by atomic mass is 10.1. The van der Waals surface area contributed by atoms with Gasteiger partial charge in [0.05, 0.1) is 0 Å². The van der Waals surface area contributed by atoms with Gasteiger partial charge in [0, 0.05) is 17.0 Å². The van der Waals surface area contributed by atoms with Crippen molar-refractivity contribution in [2.24, 2.45) is 5.73 Å². The number of hydrogen-bond acceptors (Lipinski definition) is 4. The number of rotatable bonds is 3. The summed E-state index contributed by atoms with van der Waals surface area (Å²) in [6.07, 6.45) is 0.112. The summed E-state index contributed by atoms with van der Waals surface area (Å²) >= 11 is 5.97. The van der Waals surface area contributed by atoms with Gasteiger partial charge >= 0.3 is 5.97 Å². The number of carboxylic acids is 1. The third kappa shape index (κ3) is 1.91. The van der Waals surface area contributed by atoms with Crippen molar-refractivity contribution in [3.05, 3.63) is 22.7 Å². The summed E-state index contributed by atoms with van der Waals surface area (Å²) < 4.78 is 10.4. The van der Waals surface area contributed by atoms with Crippen LogP contribution in [0.5, 0.6) is 11.5 Å². The minimum Gasteiger partial charge on any atom is -0.480 e. The van der Waals surface area contributed by atoms with Crippen LogP contribution in [0.1, 0.15) is 5.56 Å². The Kier molecular flexibility index (Phi) is 2.89. The molecule has 1 aromatic rings. The zero-order valence-electron chi connectivity index (χ0n) is 8.27. The molecule has 1 aliphatic heterocycles. The molecule has 1 aliphatic rings. The fraction of sp³-hybridized carbons (Fsp3) is 0.300. The van der Waals surface area contributed by atoms with Crippen molar-refractivity contribution < 1.29 is 19.4 Å². The summed E-state index contributed by atoms with van der Waals surface area (Å²) in [6, 6.07) is 2.31. The van der Waals surface area contributed by atoms with Crippen LogP contribution in [0.2, 0.25) is 5.02 Å². The van der Waals surface area contributed by atoms with Crippen LogP contribution < -0.4 is 15.2 Å². The number of carbonyl (C=O) groups is 1. The van der Waals surface area contributed by atoms with Crippen molar-refractivity contribution >= 4 is 17.6 Å². The topological polar surface area (TPSA) is 81.8 Å². The Morgan fingerprint density at radius 2 is 2.31 bits per heavy atom.